The second-order valence-electron chi connectivity index (χ2n) is 1.34. The van der Waals surface area contributed by atoms with Crippen LogP contribution in [0.25, 0.3) is 0 Å². The second-order valence-corrected chi connectivity index (χ2v) is 3.35. The molecule has 46 valence electrons. The molecular formula is C5H9O2P. The average Bonchev–Trinajstić information content (AvgIpc) is 1.67. The summed E-state index contributed by atoms with van der Waals surface area (Å²) in [5, 5.41) is 0. The van der Waals surface area contributed by atoms with Gasteiger partial charge < -0.3 is 4.89 Å². The van der Waals surface area contributed by atoms with Crippen molar-refractivity contribution < 1.29 is 9.46 Å². The molecule has 0 saturated carbocycles. The molecule has 3 heteroatoms. The van der Waals surface area contributed by atoms with E-state index in [0.717, 1.165) is 5.82 Å². The Morgan fingerprint density at radius 3 is 2.38 bits per heavy atom. The van der Waals surface area contributed by atoms with Gasteiger partial charge in [0.05, 0.1) is 0 Å². The predicted molar refractivity (Wildman–Crippen MR) is 34.8 cm³/mol. The number of hydrogen-bond acceptors (Lipinski definition) is 1. The average molecular weight is 132 g/mol. The third-order valence-corrected chi connectivity index (χ3v) is 1.87. The smallest absolute Gasteiger partial charge is 0.243 e. The number of rotatable bonds is 2. The molecule has 1 unspecified atom stereocenters. The first-order valence-corrected chi connectivity index (χ1v) is 4.02. The summed E-state index contributed by atoms with van der Waals surface area (Å²) in [4.78, 5) is 8.67. The molecule has 0 aliphatic rings. The molecule has 0 amide bonds. The van der Waals surface area contributed by atoms with Crippen LogP contribution in [0.5, 0.6) is 0 Å². The van der Waals surface area contributed by atoms with Gasteiger partial charge in [-0.1, -0.05) is 12.7 Å². The van der Waals surface area contributed by atoms with Gasteiger partial charge in [0, 0.05) is 0 Å². The lowest BCUT2D eigenvalue weighted by atomic mass is 10.8. The number of hydrogen-bond donors (Lipinski definition) is 1. The number of allylic oxidation sites excluding steroid dienone is 1. The van der Waals surface area contributed by atoms with E-state index in [-0.39, 0.29) is 0 Å². The first-order valence-electron chi connectivity index (χ1n) is 2.22. The van der Waals surface area contributed by atoms with Gasteiger partial charge in [-0.15, -0.1) is 0 Å². The topological polar surface area (TPSA) is 37.3 Å². The Hall–Kier alpha value is -0.330. The Bertz CT molecular complexity index is 149. The quantitative estimate of drug-likeness (QED) is 0.583. The molecule has 0 fully saturated rings. The minimum absolute atomic E-state index is 1.05. The molecule has 0 aromatic carbocycles. The molecule has 0 heterocycles. The van der Waals surface area contributed by atoms with Gasteiger partial charge in [0.25, 0.3) is 0 Å². The highest BCUT2D eigenvalue weighted by Gasteiger charge is 2.03. The molecule has 0 rings (SSSR count). The van der Waals surface area contributed by atoms with E-state index in [2.05, 4.69) is 6.58 Å². The SMILES string of the molecule is C=CP(=O)(O)C=CC. The van der Waals surface area contributed by atoms with Gasteiger partial charge in [-0.2, -0.15) is 0 Å². The van der Waals surface area contributed by atoms with Crippen molar-refractivity contribution in [2.24, 2.45) is 0 Å². The minimum Gasteiger partial charge on any atom is -0.339 e. The first-order chi connectivity index (χ1) is 3.62. The Kier molecular flexibility index (Phi) is 2.74. The highest BCUT2D eigenvalue weighted by atomic mass is 31.2. The third kappa shape index (κ3) is 2.78. The third-order valence-electron chi connectivity index (χ3n) is 0.624. The van der Waals surface area contributed by atoms with E-state index in [1.165, 1.54) is 11.9 Å². The van der Waals surface area contributed by atoms with Crippen LogP contribution >= 0.6 is 7.37 Å². The highest BCUT2D eigenvalue weighted by Crippen LogP contribution is 2.42. The van der Waals surface area contributed by atoms with Crippen LogP contribution in [-0.2, 0) is 4.57 Å². The maximum Gasteiger partial charge on any atom is 0.243 e. The maximum atomic E-state index is 10.5. The van der Waals surface area contributed by atoms with E-state index in [1.807, 2.05) is 0 Å². The lowest BCUT2D eigenvalue weighted by Gasteiger charge is -1.93. The fourth-order valence-electron chi connectivity index (χ4n) is 0.274. The summed E-state index contributed by atoms with van der Waals surface area (Å²) in [6.07, 6.45) is 1.53. The van der Waals surface area contributed by atoms with Crippen LogP contribution in [0.15, 0.2) is 24.3 Å². The van der Waals surface area contributed by atoms with Crippen LogP contribution in [0, 0.1) is 0 Å². The van der Waals surface area contributed by atoms with Gasteiger partial charge >= 0.3 is 0 Å². The molecule has 0 aromatic rings. The lowest BCUT2D eigenvalue weighted by molar-refractivity contribution is 0.499. The Morgan fingerprint density at radius 2 is 2.25 bits per heavy atom. The lowest BCUT2D eigenvalue weighted by Crippen LogP contribution is -1.62. The Balaban J connectivity index is 4.14. The second kappa shape index (κ2) is 2.85. The van der Waals surface area contributed by atoms with Crippen molar-refractivity contribution >= 4 is 7.37 Å². The van der Waals surface area contributed by atoms with Crippen molar-refractivity contribution in [3.63, 3.8) is 0 Å². The van der Waals surface area contributed by atoms with E-state index < -0.39 is 7.37 Å². The Morgan fingerprint density at radius 1 is 1.75 bits per heavy atom. The fraction of sp³-hybridized carbons (Fsp3) is 0.200. The van der Waals surface area contributed by atoms with Crippen molar-refractivity contribution in [3.05, 3.63) is 24.3 Å². The molecule has 1 atom stereocenters. The molecular weight excluding hydrogens is 123 g/mol. The van der Waals surface area contributed by atoms with Crippen molar-refractivity contribution in [2.75, 3.05) is 0 Å². The molecule has 0 saturated heterocycles. The monoisotopic (exact) mass is 132 g/mol. The van der Waals surface area contributed by atoms with Crippen molar-refractivity contribution in [1.29, 1.82) is 0 Å². The summed E-state index contributed by atoms with van der Waals surface area (Å²) in [6.45, 7) is 4.87. The van der Waals surface area contributed by atoms with Crippen LogP contribution < -0.4 is 0 Å². The molecule has 0 bridgehead atoms. The molecule has 0 aliphatic heterocycles. The van der Waals surface area contributed by atoms with Crippen LogP contribution in [0.3, 0.4) is 0 Å². The largest absolute Gasteiger partial charge is 0.339 e. The fourth-order valence-corrected chi connectivity index (χ4v) is 0.823. The summed E-state index contributed by atoms with van der Waals surface area (Å²) >= 11 is 0. The summed E-state index contributed by atoms with van der Waals surface area (Å²) < 4.78 is 10.5. The summed E-state index contributed by atoms with van der Waals surface area (Å²) in [5.41, 5.74) is 0. The van der Waals surface area contributed by atoms with E-state index in [4.69, 9.17) is 4.89 Å². The zero-order valence-electron chi connectivity index (χ0n) is 4.74. The van der Waals surface area contributed by atoms with Gasteiger partial charge in [-0.05, 0) is 18.6 Å². The van der Waals surface area contributed by atoms with Crippen molar-refractivity contribution in [1.82, 2.24) is 0 Å². The molecule has 0 aromatic heterocycles. The maximum absolute atomic E-state index is 10.5. The molecule has 2 nitrogen and oxygen atoms in total. The summed E-state index contributed by atoms with van der Waals surface area (Å²) in [7, 11) is -3.09. The van der Waals surface area contributed by atoms with Crippen LogP contribution in [0.4, 0.5) is 0 Å². The van der Waals surface area contributed by atoms with E-state index >= 15 is 0 Å². The van der Waals surface area contributed by atoms with Crippen molar-refractivity contribution in [3.8, 4) is 0 Å². The van der Waals surface area contributed by atoms with Gasteiger partial charge in [0.15, 0.2) is 0 Å². The Labute approximate surface area is 49.0 Å². The highest BCUT2D eigenvalue weighted by molar-refractivity contribution is 7.64. The van der Waals surface area contributed by atoms with Gasteiger partial charge in [-0.25, -0.2) is 0 Å². The molecule has 0 aliphatic carbocycles. The first kappa shape index (κ1) is 7.67. The molecule has 1 N–H and O–H groups in total. The normalized spacial score (nSPS) is 18.2. The van der Waals surface area contributed by atoms with Crippen LogP contribution in [-0.4, -0.2) is 4.89 Å². The van der Waals surface area contributed by atoms with Crippen LogP contribution in [0.1, 0.15) is 6.92 Å². The van der Waals surface area contributed by atoms with Gasteiger partial charge in [0.2, 0.25) is 7.37 Å². The zero-order chi connectivity index (χ0) is 6.62. The molecule has 0 radical (unpaired) electrons. The van der Waals surface area contributed by atoms with Crippen molar-refractivity contribution in [2.45, 2.75) is 6.92 Å². The predicted octanol–water partition coefficient (Wildman–Crippen LogP) is 1.93. The molecule has 8 heavy (non-hydrogen) atoms. The van der Waals surface area contributed by atoms with E-state index in [9.17, 15) is 4.57 Å². The van der Waals surface area contributed by atoms with E-state index in [1.54, 1.807) is 6.92 Å². The molecule has 0 spiro atoms. The zero-order valence-corrected chi connectivity index (χ0v) is 5.64. The summed E-state index contributed by atoms with van der Waals surface area (Å²) in [6, 6.07) is 0. The van der Waals surface area contributed by atoms with E-state index in [0.29, 0.717) is 0 Å². The van der Waals surface area contributed by atoms with Crippen LogP contribution in [0.2, 0.25) is 0 Å². The standard InChI is InChI=1S/C5H9O2P/c1-3-5-8(6,7)4-2/h3-5H,2H2,1H3,(H,6,7). The summed E-state index contributed by atoms with van der Waals surface area (Å²) in [5.74, 6) is 2.28. The minimum atomic E-state index is -3.09. The van der Waals surface area contributed by atoms with Gasteiger partial charge in [-0.3, -0.25) is 4.57 Å². The van der Waals surface area contributed by atoms with Gasteiger partial charge in [0.1, 0.15) is 0 Å².